The molecule has 3 aromatic carbocycles. The lowest BCUT2D eigenvalue weighted by Crippen LogP contribution is -2.13. The summed E-state index contributed by atoms with van der Waals surface area (Å²) in [7, 11) is 0. The van der Waals surface area contributed by atoms with Gasteiger partial charge >= 0.3 is 0 Å². The maximum absolute atomic E-state index is 12.7. The Hall–Kier alpha value is -3.11. The third-order valence-corrected chi connectivity index (χ3v) is 5.77. The zero-order valence-corrected chi connectivity index (χ0v) is 18.0. The standard InChI is InChI=1S/C25H23ClN2O2/c1-4-15(2)17-10-12-23-22(13-17)28-25(30-23)18-9-11-20(26)21(14-18)27-24(29)19-8-6-5-7-16(19)3/h5-15H,4H2,1-3H3,(H,27,29)/t15-/m1/s1. The van der Waals surface area contributed by atoms with Crippen LogP contribution in [-0.2, 0) is 0 Å². The highest BCUT2D eigenvalue weighted by molar-refractivity contribution is 6.34. The van der Waals surface area contributed by atoms with E-state index >= 15 is 0 Å². The summed E-state index contributed by atoms with van der Waals surface area (Å²) in [6.45, 7) is 6.27. The van der Waals surface area contributed by atoms with E-state index < -0.39 is 0 Å². The largest absolute Gasteiger partial charge is 0.436 e. The van der Waals surface area contributed by atoms with Gasteiger partial charge in [0, 0.05) is 11.1 Å². The van der Waals surface area contributed by atoms with E-state index in [1.807, 2.05) is 37.3 Å². The first-order chi connectivity index (χ1) is 14.5. The Morgan fingerprint density at radius 2 is 1.93 bits per heavy atom. The summed E-state index contributed by atoms with van der Waals surface area (Å²) < 4.78 is 5.96. The summed E-state index contributed by atoms with van der Waals surface area (Å²) in [5.74, 6) is 0.755. The first-order valence-electron chi connectivity index (χ1n) is 10.0. The first-order valence-corrected chi connectivity index (χ1v) is 10.4. The number of fused-ring (bicyclic) bond motifs is 1. The number of nitrogens with one attached hydrogen (secondary N) is 1. The fraction of sp³-hybridized carbons (Fsp3) is 0.200. The van der Waals surface area contributed by atoms with Crippen molar-refractivity contribution < 1.29 is 9.21 Å². The van der Waals surface area contributed by atoms with Crippen LogP contribution >= 0.6 is 11.6 Å². The summed E-state index contributed by atoms with van der Waals surface area (Å²) in [4.78, 5) is 17.4. The van der Waals surface area contributed by atoms with Crippen molar-refractivity contribution in [3.63, 3.8) is 0 Å². The maximum Gasteiger partial charge on any atom is 0.255 e. The van der Waals surface area contributed by atoms with Crippen molar-refractivity contribution in [2.75, 3.05) is 5.32 Å². The molecule has 4 nitrogen and oxygen atoms in total. The predicted octanol–water partition coefficient (Wildman–Crippen LogP) is 7.22. The van der Waals surface area contributed by atoms with Crippen LogP contribution in [0.4, 0.5) is 5.69 Å². The minimum absolute atomic E-state index is 0.206. The third kappa shape index (κ3) is 3.96. The topological polar surface area (TPSA) is 55.1 Å². The van der Waals surface area contributed by atoms with Gasteiger partial charge in [-0.1, -0.05) is 49.7 Å². The van der Waals surface area contributed by atoms with Gasteiger partial charge in [0.05, 0.1) is 10.7 Å². The van der Waals surface area contributed by atoms with Crippen molar-refractivity contribution in [1.82, 2.24) is 4.98 Å². The Balaban J connectivity index is 1.66. The molecule has 0 bridgehead atoms. The van der Waals surface area contributed by atoms with Crippen molar-refractivity contribution in [2.45, 2.75) is 33.1 Å². The van der Waals surface area contributed by atoms with E-state index in [0.717, 1.165) is 28.6 Å². The molecule has 0 spiro atoms. The van der Waals surface area contributed by atoms with Crippen molar-refractivity contribution in [2.24, 2.45) is 0 Å². The van der Waals surface area contributed by atoms with E-state index in [-0.39, 0.29) is 5.91 Å². The van der Waals surface area contributed by atoms with Crippen LogP contribution in [0.3, 0.4) is 0 Å². The molecule has 1 atom stereocenters. The number of rotatable bonds is 5. The Morgan fingerprint density at radius 3 is 2.70 bits per heavy atom. The Kier molecular flexibility index (Phi) is 5.60. The Bertz CT molecular complexity index is 1230. The van der Waals surface area contributed by atoms with E-state index in [0.29, 0.717) is 28.1 Å². The predicted molar refractivity (Wildman–Crippen MR) is 122 cm³/mol. The van der Waals surface area contributed by atoms with Gasteiger partial charge in [0.25, 0.3) is 5.91 Å². The molecule has 0 radical (unpaired) electrons. The zero-order valence-electron chi connectivity index (χ0n) is 17.2. The van der Waals surface area contributed by atoms with Gasteiger partial charge in [0.15, 0.2) is 5.58 Å². The number of aromatic nitrogens is 1. The molecule has 0 aliphatic rings. The molecule has 0 aliphatic heterocycles. The number of anilines is 1. The second-order valence-corrected chi connectivity index (χ2v) is 7.93. The fourth-order valence-electron chi connectivity index (χ4n) is 3.38. The fourth-order valence-corrected chi connectivity index (χ4v) is 3.55. The van der Waals surface area contributed by atoms with Crippen LogP contribution < -0.4 is 5.32 Å². The third-order valence-electron chi connectivity index (χ3n) is 5.44. The van der Waals surface area contributed by atoms with Crippen molar-refractivity contribution in [1.29, 1.82) is 0 Å². The molecule has 30 heavy (non-hydrogen) atoms. The number of aryl methyl sites for hydroxylation is 1. The summed E-state index contributed by atoms with van der Waals surface area (Å²) >= 11 is 6.34. The molecule has 1 heterocycles. The van der Waals surface area contributed by atoms with Crippen LogP contribution in [0.1, 0.15) is 47.7 Å². The van der Waals surface area contributed by atoms with Gasteiger partial charge in [0.2, 0.25) is 5.89 Å². The second-order valence-electron chi connectivity index (χ2n) is 7.52. The number of hydrogen-bond acceptors (Lipinski definition) is 3. The van der Waals surface area contributed by atoms with Crippen LogP contribution in [0.25, 0.3) is 22.6 Å². The van der Waals surface area contributed by atoms with Gasteiger partial charge in [0.1, 0.15) is 5.52 Å². The highest BCUT2D eigenvalue weighted by atomic mass is 35.5. The lowest BCUT2D eigenvalue weighted by Gasteiger charge is -2.10. The number of nitrogens with zero attached hydrogens (tertiary/aromatic N) is 1. The summed E-state index contributed by atoms with van der Waals surface area (Å²) in [5.41, 5.74) is 5.58. The molecule has 1 N–H and O–H groups in total. The number of benzene rings is 3. The SMILES string of the molecule is CC[C@@H](C)c1ccc2oc(-c3ccc(Cl)c(NC(=O)c4ccccc4C)c3)nc2c1. The Labute approximate surface area is 180 Å². The molecule has 1 aromatic heterocycles. The van der Waals surface area contributed by atoms with Crippen molar-refractivity contribution in [3.8, 4) is 11.5 Å². The van der Waals surface area contributed by atoms with E-state index in [2.05, 4.69) is 36.3 Å². The van der Waals surface area contributed by atoms with Crippen LogP contribution in [0.15, 0.2) is 65.1 Å². The van der Waals surface area contributed by atoms with Crippen LogP contribution in [0.5, 0.6) is 0 Å². The molecule has 0 unspecified atom stereocenters. The van der Waals surface area contributed by atoms with E-state index in [1.54, 1.807) is 18.2 Å². The number of carbonyl (C=O) groups excluding carboxylic acids is 1. The van der Waals surface area contributed by atoms with Gasteiger partial charge in [-0.3, -0.25) is 4.79 Å². The first kappa shape index (κ1) is 20.2. The van der Waals surface area contributed by atoms with Crippen LogP contribution in [0, 0.1) is 6.92 Å². The molecule has 0 saturated heterocycles. The second kappa shape index (κ2) is 8.33. The molecule has 0 aliphatic carbocycles. The number of oxazole rings is 1. The zero-order chi connectivity index (χ0) is 21.3. The van der Waals surface area contributed by atoms with Gasteiger partial charge in [-0.05, 0) is 66.8 Å². The molecule has 0 saturated carbocycles. The van der Waals surface area contributed by atoms with Gasteiger partial charge in [-0.15, -0.1) is 0 Å². The number of carbonyl (C=O) groups is 1. The highest BCUT2D eigenvalue weighted by Gasteiger charge is 2.15. The summed E-state index contributed by atoms with van der Waals surface area (Å²) in [6, 6.07) is 18.9. The molecule has 4 rings (SSSR count). The molecule has 5 heteroatoms. The monoisotopic (exact) mass is 418 g/mol. The highest BCUT2D eigenvalue weighted by Crippen LogP contribution is 2.32. The smallest absolute Gasteiger partial charge is 0.255 e. The number of halogens is 1. The molecule has 4 aromatic rings. The average molecular weight is 419 g/mol. The normalized spacial score (nSPS) is 12.1. The molecule has 0 fully saturated rings. The molecule has 1 amide bonds. The van der Waals surface area contributed by atoms with Gasteiger partial charge in [-0.25, -0.2) is 4.98 Å². The maximum atomic E-state index is 12.7. The number of amides is 1. The quantitative estimate of drug-likeness (QED) is 0.372. The number of hydrogen-bond donors (Lipinski definition) is 1. The summed E-state index contributed by atoms with van der Waals surface area (Å²) in [5, 5.41) is 3.36. The van der Waals surface area contributed by atoms with Crippen LogP contribution in [-0.4, -0.2) is 10.9 Å². The molecular formula is C25H23ClN2O2. The minimum atomic E-state index is -0.206. The van der Waals surface area contributed by atoms with Crippen molar-refractivity contribution in [3.05, 3.63) is 82.4 Å². The summed E-state index contributed by atoms with van der Waals surface area (Å²) in [6.07, 6.45) is 1.07. The lowest BCUT2D eigenvalue weighted by atomic mass is 9.98. The average Bonchev–Trinajstić information content (AvgIpc) is 3.18. The van der Waals surface area contributed by atoms with E-state index in [4.69, 9.17) is 16.0 Å². The lowest BCUT2D eigenvalue weighted by molar-refractivity contribution is 0.102. The molecular weight excluding hydrogens is 396 g/mol. The van der Waals surface area contributed by atoms with Crippen LogP contribution in [0.2, 0.25) is 5.02 Å². The van der Waals surface area contributed by atoms with Crippen molar-refractivity contribution >= 4 is 34.3 Å². The molecule has 152 valence electrons. The van der Waals surface area contributed by atoms with E-state index in [1.165, 1.54) is 5.56 Å². The Morgan fingerprint density at radius 1 is 1.13 bits per heavy atom. The van der Waals surface area contributed by atoms with E-state index in [9.17, 15) is 4.79 Å². The van der Waals surface area contributed by atoms with Gasteiger partial charge < -0.3 is 9.73 Å². The van der Waals surface area contributed by atoms with Gasteiger partial charge in [-0.2, -0.15) is 0 Å². The minimum Gasteiger partial charge on any atom is -0.436 e.